The quantitative estimate of drug-likeness (QED) is 0.0908. The van der Waals surface area contributed by atoms with Gasteiger partial charge in [-0.05, 0) is 115 Å². The van der Waals surface area contributed by atoms with E-state index in [9.17, 15) is 19.2 Å². The van der Waals surface area contributed by atoms with Crippen LogP contribution < -0.4 is 0 Å². The van der Waals surface area contributed by atoms with E-state index in [0.29, 0.717) is 22.3 Å². The van der Waals surface area contributed by atoms with Crippen molar-refractivity contribution in [2.75, 3.05) is 0 Å². The van der Waals surface area contributed by atoms with Gasteiger partial charge in [0, 0.05) is 22.3 Å². The summed E-state index contributed by atoms with van der Waals surface area (Å²) in [4.78, 5) is 53.4. The number of benzene rings is 8. The minimum atomic E-state index is -0.878. The van der Waals surface area contributed by atoms with Gasteiger partial charge in [-0.15, -0.1) is 0 Å². The predicted molar refractivity (Wildman–Crippen MR) is 262 cm³/mol. The molecule has 0 saturated heterocycles. The van der Waals surface area contributed by atoms with E-state index < -0.39 is 5.41 Å². The van der Waals surface area contributed by atoms with Crippen LogP contribution in [0.25, 0.3) is 46.6 Å². The van der Waals surface area contributed by atoms with Gasteiger partial charge in [-0.2, -0.15) is 0 Å². The Morgan fingerprint density at radius 2 is 0.492 bits per heavy atom. The highest BCUT2D eigenvalue weighted by atomic mass is 16.1. The molecule has 4 heteroatoms. The lowest BCUT2D eigenvalue weighted by Crippen LogP contribution is -2.26. The smallest absolute Gasteiger partial charge is 0.185 e. The molecule has 0 bridgehead atoms. The molecule has 2 aliphatic carbocycles. The zero-order valence-electron chi connectivity index (χ0n) is 35.2. The Bertz CT molecular complexity index is 2850. The van der Waals surface area contributed by atoms with Crippen LogP contribution in [-0.4, -0.2) is 23.1 Å². The summed E-state index contributed by atoms with van der Waals surface area (Å²) in [7, 11) is 0. The first-order valence-electron chi connectivity index (χ1n) is 21.6. The summed E-state index contributed by atoms with van der Waals surface area (Å²) < 4.78 is 0. The maximum Gasteiger partial charge on any atom is 0.185 e. The summed E-state index contributed by atoms with van der Waals surface area (Å²) in [6.07, 6.45) is 14.0. The van der Waals surface area contributed by atoms with Crippen LogP contribution in [0.1, 0.15) is 85.9 Å². The number of carbonyl (C=O) groups excluding carboxylic acids is 4. The summed E-state index contributed by atoms with van der Waals surface area (Å²) in [5, 5.41) is 0. The molecule has 4 nitrogen and oxygen atoms in total. The first kappa shape index (κ1) is 40.5. The molecule has 8 aromatic rings. The van der Waals surface area contributed by atoms with Gasteiger partial charge in [0.1, 0.15) is 0 Å². The van der Waals surface area contributed by atoms with E-state index in [-0.39, 0.29) is 23.1 Å². The van der Waals surface area contributed by atoms with Crippen molar-refractivity contribution in [3.8, 4) is 22.3 Å². The highest BCUT2D eigenvalue weighted by Gasteiger charge is 2.52. The average molecular weight is 837 g/mol. The molecule has 0 aromatic heterocycles. The topological polar surface area (TPSA) is 68.3 Å². The van der Waals surface area contributed by atoms with Crippen LogP contribution in [0.2, 0.25) is 0 Å². The Kier molecular flexibility index (Phi) is 10.8. The van der Waals surface area contributed by atoms with E-state index in [1.54, 1.807) is 24.3 Å². The molecule has 308 valence electrons. The Morgan fingerprint density at radius 1 is 0.277 bits per heavy atom. The van der Waals surface area contributed by atoms with Crippen molar-refractivity contribution in [2.24, 2.45) is 0 Å². The van der Waals surface area contributed by atoms with Gasteiger partial charge in [-0.3, -0.25) is 19.2 Å². The molecule has 2 aliphatic rings. The second-order valence-electron chi connectivity index (χ2n) is 16.2. The number of allylic oxidation sites excluding steroid dienone is 4. The molecule has 0 unspecified atom stereocenters. The normalized spacial score (nSPS) is 13.0. The third-order valence-electron chi connectivity index (χ3n) is 12.3. The fourth-order valence-corrected chi connectivity index (χ4v) is 9.20. The Labute approximate surface area is 377 Å². The molecule has 0 fully saturated rings. The third-order valence-corrected chi connectivity index (χ3v) is 12.3. The number of hydrogen-bond donors (Lipinski definition) is 0. The minimum absolute atomic E-state index is 0.0925. The van der Waals surface area contributed by atoms with Gasteiger partial charge >= 0.3 is 0 Å². The molecule has 0 aliphatic heterocycles. The van der Waals surface area contributed by atoms with Crippen LogP contribution in [0, 0.1) is 0 Å². The van der Waals surface area contributed by atoms with E-state index in [1.807, 2.05) is 170 Å². The van der Waals surface area contributed by atoms with Gasteiger partial charge in [0.05, 0.1) is 5.41 Å². The van der Waals surface area contributed by atoms with E-state index in [1.165, 1.54) is 0 Å². The molecule has 0 saturated carbocycles. The monoisotopic (exact) mass is 836 g/mol. The molecule has 8 aromatic carbocycles. The van der Waals surface area contributed by atoms with Crippen LogP contribution in [0.4, 0.5) is 0 Å². The number of ketones is 4. The van der Waals surface area contributed by atoms with Crippen LogP contribution in [-0.2, 0) is 5.41 Å². The van der Waals surface area contributed by atoms with Crippen molar-refractivity contribution in [1.82, 2.24) is 0 Å². The van der Waals surface area contributed by atoms with Crippen LogP contribution in [0.15, 0.2) is 218 Å². The standard InChI is InChI=1S/C61H40O4/c62-57(45-13-5-1-6-14-45)33-25-41-21-29-49-50-30-22-42(26-34-58(63)46-15-7-2-8-16-46)38-54(50)61(53(49)37-41)55-39-43(27-35-59(64)47-17-9-3-10-18-47)23-31-51(55)52-32-24-44(40-56(52)61)28-36-60(65)48-19-11-4-12-20-48/h1-40H/b33-25+,34-26+,35-27+,36-28+. The van der Waals surface area contributed by atoms with Gasteiger partial charge < -0.3 is 0 Å². The molecule has 1 spiro atoms. The summed E-state index contributed by atoms with van der Waals surface area (Å²) in [6, 6.07) is 62.3. The number of hydrogen-bond acceptors (Lipinski definition) is 4. The Morgan fingerprint density at radius 3 is 0.708 bits per heavy atom. The first-order chi connectivity index (χ1) is 31.9. The fourth-order valence-electron chi connectivity index (χ4n) is 9.20. The van der Waals surface area contributed by atoms with Crippen molar-refractivity contribution < 1.29 is 19.2 Å². The number of carbonyl (C=O) groups is 4. The zero-order chi connectivity index (χ0) is 44.3. The van der Waals surface area contributed by atoms with Crippen molar-refractivity contribution in [3.05, 3.63) is 285 Å². The van der Waals surface area contributed by atoms with E-state index >= 15 is 0 Å². The van der Waals surface area contributed by atoms with Crippen molar-refractivity contribution in [1.29, 1.82) is 0 Å². The summed E-state index contributed by atoms with van der Waals surface area (Å²) in [6.45, 7) is 0. The second kappa shape index (κ2) is 17.3. The molecular weight excluding hydrogens is 797 g/mol. The molecule has 65 heavy (non-hydrogen) atoms. The molecule has 0 heterocycles. The first-order valence-corrected chi connectivity index (χ1v) is 21.6. The number of rotatable bonds is 12. The zero-order valence-corrected chi connectivity index (χ0v) is 35.2. The van der Waals surface area contributed by atoms with Crippen LogP contribution >= 0.6 is 0 Å². The predicted octanol–water partition coefficient (Wildman–Crippen LogP) is 13.6. The molecule has 0 radical (unpaired) electrons. The maximum atomic E-state index is 13.3. The van der Waals surface area contributed by atoms with E-state index in [4.69, 9.17) is 0 Å². The lowest BCUT2D eigenvalue weighted by molar-refractivity contribution is 0.103. The summed E-state index contributed by atoms with van der Waals surface area (Å²) in [5.74, 6) is -0.370. The third kappa shape index (κ3) is 7.68. The van der Waals surface area contributed by atoms with Crippen molar-refractivity contribution >= 4 is 47.4 Å². The minimum Gasteiger partial charge on any atom is -0.289 e. The SMILES string of the molecule is O=C(/C=C/c1ccc2c(c1)C1(c3cc(/C=C/C(=O)c4ccccc4)ccc3-2)c2cc(/C=C/C(=O)c3ccccc3)ccc2-c2ccc(/C=C/C(=O)c3ccccc3)cc21)c1ccccc1. The molecular formula is C61H40O4. The van der Waals surface area contributed by atoms with E-state index in [2.05, 4.69) is 48.5 Å². The van der Waals surface area contributed by atoms with Gasteiger partial charge in [-0.25, -0.2) is 0 Å². The van der Waals surface area contributed by atoms with E-state index in [0.717, 1.165) is 66.8 Å². The summed E-state index contributed by atoms with van der Waals surface area (Å²) >= 11 is 0. The van der Waals surface area contributed by atoms with Crippen molar-refractivity contribution in [2.45, 2.75) is 5.41 Å². The van der Waals surface area contributed by atoms with Gasteiger partial charge in [0.2, 0.25) is 0 Å². The Hall–Kier alpha value is -8.60. The Balaban J connectivity index is 1.17. The maximum absolute atomic E-state index is 13.3. The molecule has 0 N–H and O–H groups in total. The molecule has 0 amide bonds. The van der Waals surface area contributed by atoms with Gasteiger partial charge in [-0.1, -0.05) is 194 Å². The van der Waals surface area contributed by atoms with Crippen LogP contribution in [0.3, 0.4) is 0 Å². The lowest BCUT2D eigenvalue weighted by atomic mass is 9.69. The van der Waals surface area contributed by atoms with Gasteiger partial charge in [0.25, 0.3) is 0 Å². The number of fused-ring (bicyclic) bond motifs is 10. The summed E-state index contributed by atoms with van der Waals surface area (Å²) in [5.41, 5.74) is 13.3. The van der Waals surface area contributed by atoms with Crippen LogP contribution in [0.5, 0.6) is 0 Å². The fraction of sp³-hybridized carbons (Fsp3) is 0.0164. The lowest BCUT2D eigenvalue weighted by Gasteiger charge is -2.31. The molecule has 10 rings (SSSR count). The van der Waals surface area contributed by atoms with Gasteiger partial charge in [0.15, 0.2) is 23.1 Å². The highest BCUT2D eigenvalue weighted by molar-refractivity contribution is 6.09. The average Bonchev–Trinajstić information content (AvgIpc) is 3.82. The van der Waals surface area contributed by atoms with Crippen molar-refractivity contribution in [3.63, 3.8) is 0 Å². The second-order valence-corrected chi connectivity index (χ2v) is 16.2. The largest absolute Gasteiger partial charge is 0.289 e. The highest BCUT2D eigenvalue weighted by Crippen LogP contribution is 2.63. The molecule has 0 atom stereocenters.